The number of aromatic amines is 1. The molecule has 0 saturated carbocycles. The smallest absolute Gasteiger partial charge is 0.342 e. The van der Waals surface area contributed by atoms with E-state index in [4.69, 9.17) is 10.00 Å². The van der Waals surface area contributed by atoms with Crippen molar-refractivity contribution < 1.29 is 13.9 Å². The molecular weight excluding hydrogens is 309 g/mol. The summed E-state index contributed by atoms with van der Waals surface area (Å²) in [5.74, 6) is -0.413. The van der Waals surface area contributed by atoms with Crippen molar-refractivity contribution in [1.82, 2.24) is 4.98 Å². The maximum atomic E-state index is 13.5. The Kier molecular flexibility index (Phi) is 3.92. The number of carbonyl (C=O) groups excluding carboxylic acids is 1. The molecule has 5 nitrogen and oxygen atoms in total. The third-order valence-electron chi connectivity index (χ3n) is 3.83. The molecule has 0 aliphatic rings. The van der Waals surface area contributed by atoms with E-state index in [0.717, 1.165) is 0 Å². The third-order valence-corrected chi connectivity index (χ3v) is 3.83. The zero-order chi connectivity index (χ0) is 17.3. The molecule has 24 heavy (non-hydrogen) atoms. The number of nitrogens with zero attached hydrogens (tertiary/aromatic N) is 2. The summed E-state index contributed by atoms with van der Waals surface area (Å²) >= 11 is 0. The van der Waals surface area contributed by atoms with Crippen molar-refractivity contribution in [3.8, 4) is 6.07 Å². The van der Waals surface area contributed by atoms with Crippen LogP contribution in [0, 0.1) is 17.1 Å². The average molecular weight is 323 g/mol. The Labute approximate surface area is 137 Å². The first kappa shape index (κ1) is 15.6. The van der Waals surface area contributed by atoms with E-state index < -0.39 is 5.97 Å². The largest absolute Gasteiger partial charge is 0.465 e. The van der Waals surface area contributed by atoms with Crippen LogP contribution in [0.25, 0.3) is 10.9 Å². The number of fused-ring (bicyclic) bond motifs is 1. The van der Waals surface area contributed by atoms with Gasteiger partial charge in [0.15, 0.2) is 0 Å². The van der Waals surface area contributed by atoms with Gasteiger partial charge in [-0.3, -0.25) is 0 Å². The first-order valence-corrected chi connectivity index (χ1v) is 7.18. The number of anilines is 2. The summed E-state index contributed by atoms with van der Waals surface area (Å²) in [5, 5.41) is 9.68. The van der Waals surface area contributed by atoms with Crippen LogP contribution >= 0.6 is 0 Å². The third kappa shape index (κ3) is 2.57. The fourth-order valence-electron chi connectivity index (χ4n) is 2.63. The number of rotatable bonds is 3. The predicted octanol–water partition coefficient (Wildman–Crippen LogP) is 3.73. The van der Waals surface area contributed by atoms with E-state index in [2.05, 4.69) is 11.1 Å². The Balaban J connectivity index is 2.22. The van der Waals surface area contributed by atoms with Crippen LogP contribution in [0.5, 0.6) is 0 Å². The zero-order valence-electron chi connectivity index (χ0n) is 13.1. The number of nitrogens with one attached hydrogen (secondary N) is 1. The van der Waals surface area contributed by atoms with Gasteiger partial charge in [-0.2, -0.15) is 5.26 Å². The zero-order valence-corrected chi connectivity index (χ0v) is 13.1. The highest BCUT2D eigenvalue weighted by molar-refractivity contribution is 6.10. The molecule has 0 radical (unpaired) electrons. The topological polar surface area (TPSA) is 69.1 Å². The highest BCUT2D eigenvalue weighted by Gasteiger charge is 2.22. The Morgan fingerprint density at radius 3 is 2.75 bits per heavy atom. The Morgan fingerprint density at radius 2 is 2.08 bits per heavy atom. The monoisotopic (exact) mass is 323 g/mol. The summed E-state index contributed by atoms with van der Waals surface area (Å²) in [4.78, 5) is 17.0. The van der Waals surface area contributed by atoms with Gasteiger partial charge in [0, 0.05) is 23.6 Å². The van der Waals surface area contributed by atoms with Gasteiger partial charge in [-0.1, -0.05) is 12.1 Å². The van der Waals surface area contributed by atoms with Gasteiger partial charge in [0.1, 0.15) is 17.2 Å². The number of nitriles is 1. The second kappa shape index (κ2) is 6.05. The van der Waals surface area contributed by atoms with Crippen LogP contribution in [0.1, 0.15) is 15.9 Å². The molecule has 0 unspecified atom stereocenters. The highest BCUT2D eigenvalue weighted by Crippen LogP contribution is 2.33. The highest BCUT2D eigenvalue weighted by atomic mass is 19.1. The number of carbonyl (C=O) groups is 1. The van der Waals surface area contributed by atoms with E-state index in [1.807, 2.05) is 0 Å². The molecule has 0 aliphatic carbocycles. The number of H-pyrrole nitrogens is 1. The number of hydrogen-bond donors (Lipinski definition) is 1. The van der Waals surface area contributed by atoms with Crippen LogP contribution in [0.2, 0.25) is 0 Å². The number of aromatic nitrogens is 1. The van der Waals surface area contributed by atoms with Crippen LogP contribution in [0.4, 0.5) is 15.9 Å². The second-order valence-electron chi connectivity index (χ2n) is 5.25. The first-order chi connectivity index (χ1) is 11.5. The van der Waals surface area contributed by atoms with Gasteiger partial charge in [-0.05, 0) is 30.3 Å². The van der Waals surface area contributed by atoms with Crippen LogP contribution in [-0.4, -0.2) is 25.1 Å². The van der Waals surface area contributed by atoms with E-state index in [-0.39, 0.29) is 5.82 Å². The first-order valence-electron chi connectivity index (χ1n) is 7.18. The van der Waals surface area contributed by atoms with Crippen LogP contribution in [0.15, 0.2) is 42.5 Å². The molecule has 0 fully saturated rings. The molecule has 0 saturated heterocycles. The van der Waals surface area contributed by atoms with Crippen molar-refractivity contribution in [2.75, 3.05) is 19.1 Å². The lowest BCUT2D eigenvalue weighted by Gasteiger charge is -2.19. The summed E-state index contributed by atoms with van der Waals surface area (Å²) in [6.07, 6.45) is 0. The van der Waals surface area contributed by atoms with Crippen molar-refractivity contribution in [3.63, 3.8) is 0 Å². The maximum absolute atomic E-state index is 13.5. The number of hydrogen-bond acceptors (Lipinski definition) is 4. The minimum atomic E-state index is -0.510. The molecule has 1 aromatic heterocycles. The number of ether oxygens (including phenoxy) is 1. The predicted molar refractivity (Wildman–Crippen MR) is 88.8 cm³/mol. The van der Waals surface area contributed by atoms with Gasteiger partial charge < -0.3 is 14.6 Å². The molecule has 3 rings (SSSR count). The molecule has 1 heterocycles. The molecule has 6 heteroatoms. The minimum absolute atomic E-state index is 0.337. The molecule has 3 aromatic rings. The van der Waals surface area contributed by atoms with Crippen LogP contribution < -0.4 is 4.90 Å². The standard InChI is InChI=1S/C18H14FN3O2/c1-22(13-5-3-4-12(19)9-13)17-16(18(23)24-2)14-7-6-11(10-20)8-15(14)21-17/h3-9,21H,1-2H3. The summed E-state index contributed by atoms with van der Waals surface area (Å²) in [5.41, 5.74) is 2.02. The van der Waals surface area contributed by atoms with Crippen LogP contribution in [0.3, 0.4) is 0 Å². The number of halogens is 1. The van der Waals surface area contributed by atoms with Crippen molar-refractivity contribution in [3.05, 3.63) is 59.4 Å². The number of benzene rings is 2. The molecule has 120 valence electrons. The summed E-state index contributed by atoms with van der Waals surface area (Å²) < 4.78 is 18.4. The van der Waals surface area contributed by atoms with Gasteiger partial charge in [0.05, 0.1) is 18.7 Å². The normalized spacial score (nSPS) is 10.4. The Bertz CT molecular complexity index is 972. The number of methoxy groups -OCH3 is 1. The summed E-state index contributed by atoms with van der Waals surface area (Å²) in [6, 6.07) is 13.1. The SMILES string of the molecule is COC(=O)c1c(N(C)c2cccc(F)c2)[nH]c2cc(C#N)ccc12. The lowest BCUT2D eigenvalue weighted by atomic mass is 10.1. The molecule has 0 amide bonds. The van der Waals surface area contributed by atoms with Crippen molar-refractivity contribution in [2.45, 2.75) is 0 Å². The van der Waals surface area contributed by atoms with E-state index in [1.165, 1.54) is 19.2 Å². The Morgan fingerprint density at radius 1 is 1.29 bits per heavy atom. The second-order valence-corrected chi connectivity index (χ2v) is 5.25. The lowest BCUT2D eigenvalue weighted by Crippen LogP contribution is -2.14. The molecule has 2 aromatic carbocycles. The molecule has 0 spiro atoms. The van der Waals surface area contributed by atoms with Crippen molar-refractivity contribution >= 4 is 28.4 Å². The quantitative estimate of drug-likeness (QED) is 0.746. The van der Waals surface area contributed by atoms with Crippen molar-refractivity contribution in [2.24, 2.45) is 0 Å². The van der Waals surface area contributed by atoms with Gasteiger partial charge in [-0.25, -0.2) is 9.18 Å². The van der Waals surface area contributed by atoms with Gasteiger partial charge in [-0.15, -0.1) is 0 Å². The molecule has 0 aliphatic heterocycles. The van der Waals surface area contributed by atoms with E-state index in [9.17, 15) is 9.18 Å². The average Bonchev–Trinajstić information content (AvgIpc) is 2.98. The fourth-order valence-corrected chi connectivity index (χ4v) is 2.63. The molecule has 0 bridgehead atoms. The van der Waals surface area contributed by atoms with Gasteiger partial charge in [0.2, 0.25) is 0 Å². The molecule has 1 N–H and O–H groups in total. The van der Waals surface area contributed by atoms with Gasteiger partial charge >= 0.3 is 5.97 Å². The van der Waals surface area contributed by atoms with Crippen molar-refractivity contribution in [1.29, 1.82) is 5.26 Å². The van der Waals surface area contributed by atoms with E-state index in [0.29, 0.717) is 33.5 Å². The minimum Gasteiger partial charge on any atom is -0.465 e. The molecule has 0 atom stereocenters. The summed E-state index contributed by atoms with van der Waals surface area (Å²) in [7, 11) is 3.02. The van der Waals surface area contributed by atoms with E-state index in [1.54, 1.807) is 42.3 Å². The molecular formula is C18H14FN3O2. The van der Waals surface area contributed by atoms with Gasteiger partial charge in [0.25, 0.3) is 0 Å². The van der Waals surface area contributed by atoms with Crippen LogP contribution in [-0.2, 0) is 4.74 Å². The summed E-state index contributed by atoms with van der Waals surface area (Å²) in [6.45, 7) is 0. The number of esters is 1. The Hall–Kier alpha value is -3.33. The van der Waals surface area contributed by atoms with E-state index >= 15 is 0 Å². The maximum Gasteiger partial charge on any atom is 0.342 e. The fraction of sp³-hybridized carbons (Fsp3) is 0.111. The lowest BCUT2D eigenvalue weighted by molar-refractivity contribution is 0.0604.